The van der Waals surface area contributed by atoms with E-state index in [9.17, 15) is 4.79 Å². The van der Waals surface area contributed by atoms with Crippen molar-refractivity contribution in [2.24, 2.45) is 5.92 Å². The van der Waals surface area contributed by atoms with Gasteiger partial charge in [-0.3, -0.25) is 14.7 Å². The molecule has 3 rings (SSSR count). The maximum Gasteiger partial charge on any atom is 0.236 e. The maximum absolute atomic E-state index is 12.4. The summed E-state index contributed by atoms with van der Waals surface area (Å²) in [5, 5.41) is 0. The standard InChI is InChI=1S/C17H26N4O2/c22-17(21-9-2-1-3-10-21)13-20-8-4-5-15(12-20)14-23-16-11-18-6-7-19-16/h6-7,11,15H,1-5,8-10,12-14H2. The number of piperidine rings is 2. The summed E-state index contributed by atoms with van der Waals surface area (Å²) in [4.78, 5) is 24.8. The van der Waals surface area contributed by atoms with Crippen LogP contribution in [0.2, 0.25) is 0 Å². The van der Waals surface area contributed by atoms with Gasteiger partial charge in [0.25, 0.3) is 0 Å². The average molecular weight is 318 g/mol. The number of carbonyl (C=O) groups is 1. The third-order valence-corrected chi connectivity index (χ3v) is 4.68. The van der Waals surface area contributed by atoms with E-state index in [-0.39, 0.29) is 0 Å². The Bertz CT molecular complexity index is 491. The van der Waals surface area contributed by atoms with Crippen LogP contribution in [0, 0.1) is 5.92 Å². The molecule has 1 aromatic rings. The number of likely N-dealkylation sites (tertiary alicyclic amines) is 2. The van der Waals surface area contributed by atoms with Crippen molar-refractivity contribution in [2.75, 3.05) is 39.3 Å². The van der Waals surface area contributed by atoms with Gasteiger partial charge in [-0.15, -0.1) is 0 Å². The van der Waals surface area contributed by atoms with E-state index in [4.69, 9.17) is 4.74 Å². The summed E-state index contributed by atoms with van der Waals surface area (Å²) in [6, 6.07) is 0. The van der Waals surface area contributed by atoms with E-state index in [0.29, 0.717) is 30.9 Å². The largest absolute Gasteiger partial charge is 0.476 e. The number of hydrogen-bond acceptors (Lipinski definition) is 5. The molecular formula is C17H26N4O2. The van der Waals surface area contributed by atoms with E-state index in [1.807, 2.05) is 4.90 Å². The van der Waals surface area contributed by atoms with E-state index < -0.39 is 0 Å². The number of aromatic nitrogens is 2. The molecule has 126 valence electrons. The first-order chi connectivity index (χ1) is 11.3. The fourth-order valence-electron chi connectivity index (χ4n) is 3.43. The van der Waals surface area contributed by atoms with Crippen molar-refractivity contribution >= 4 is 5.91 Å². The molecule has 0 saturated carbocycles. The van der Waals surface area contributed by atoms with Gasteiger partial charge >= 0.3 is 0 Å². The summed E-state index contributed by atoms with van der Waals surface area (Å²) in [5.74, 6) is 1.33. The van der Waals surface area contributed by atoms with E-state index in [1.54, 1.807) is 18.6 Å². The topological polar surface area (TPSA) is 58.6 Å². The van der Waals surface area contributed by atoms with Gasteiger partial charge in [0.2, 0.25) is 11.8 Å². The normalized spacial score (nSPS) is 22.8. The third-order valence-electron chi connectivity index (χ3n) is 4.68. The van der Waals surface area contributed by atoms with Gasteiger partial charge in [-0.25, -0.2) is 4.98 Å². The SMILES string of the molecule is O=C(CN1CCCC(COc2cnccn2)C1)N1CCCCC1. The van der Waals surface area contributed by atoms with Crippen LogP contribution >= 0.6 is 0 Å². The highest BCUT2D eigenvalue weighted by Crippen LogP contribution is 2.18. The molecule has 2 aliphatic heterocycles. The minimum absolute atomic E-state index is 0.292. The van der Waals surface area contributed by atoms with Gasteiger partial charge in [-0.2, -0.15) is 0 Å². The Labute approximate surface area is 137 Å². The molecule has 0 spiro atoms. The van der Waals surface area contributed by atoms with Crippen LogP contribution in [0.4, 0.5) is 0 Å². The molecule has 2 aliphatic rings. The summed E-state index contributed by atoms with van der Waals surface area (Å²) < 4.78 is 5.72. The number of rotatable bonds is 5. The molecule has 0 aliphatic carbocycles. The van der Waals surface area contributed by atoms with Gasteiger partial charge < -0.3 is 9.64 Å². The van der Waals surface area contributed by atoms with E-state index in [1.165, 1.54) is 6.42 Å². The lowest BCUT2D eigenvalue weighted by Crippen LogP contribution is -2.46. The fraction of sp³-hybridized carbons (Fsp3) is 0.706. The number of amides is 1. The van der Waals surface area contributed by atoms with Crippen LogP contribution in [0.3, 0.4) is 0 Å². The first-order valence-corrected chi connectivity index (χ1v) is 8.70. The minimum atomic E-state index is 0.292. The molecule has 0 N–H and O–H groups in total. The zero-order chi connectivity index (χ0) is 15.9. The zero-order valence-electron chi connectivity index (χ0n) is 13.7. The molecule has 2 saturated heterocycles. The molecule has 1 unspecified atom stereocenters. The highest BCUT2D eigenvalue weighted by Gasteiger charge is 2.24. The Morgan fingerprint density at radius 1 is 1.17 bits per heavy atom. The molecular weight excluding hydrogens is 292 g/mol. The lowest BCUT2D eigenvalue weighted by Gasteiger charge is -2.34. The van der Waals surface area contributed by atoms with Crippen LogP contribution in [0.5, 0.6) is 5.88 Å². The van der Waals surface area contributed by atoms with Crippen molar-refractivity contribution in [2.45, 2.75) is 32.1 Å². The van der Waals surface area contributed by atoms with Gasteiger partial charge in [0.1, 0.15) is 0 Å². The third kappa shape index (κ3) is 4.89. The molecule has 1 amide bonds. The maximum atomic E-state index is 12.4. The number of carbonyl (C=O) groups excluding carboxylic acids is 1. The number of ether oxygens (including phenoxy) is 1. The van der Waals surface area contributed by atoms with E-state index in [2.05, 4.69) is 14.9 Å². The highest BCUT2D eigenvalue weighted by atomic mass is 16.5. The van der Waals surface area contributed by atoms with E-state index >= 15 is 0 Å². The van der Waals surface area contributed by atoms with E-state index in [0.717, 1.165) is 51.9 Å². The second kappa shape index (κ2) is 8.24. The molecule has 0 bridgehead atoms. The fourth-order valence-corrected chi connectivity index (χ4v) is 3.43. The molecule has 6 nitrogen and oxygen atoms in total. The monoisotopic (exact) mass is 318 g/mol. The van der Waals surface area contributed by atoms with Crippen molar-refractivity contribution in [1.29, 1.82) is 0 Å². The van der Waals surface area contributed by atoms with Gasteiger partial charge in [0, 0.05) is 37.9 Å². The van der Waals surface area contributed by atoms with Crippen molar-refractivity contribution < 1.29 is 9.53 Å². The van der Waals surface area contributed by atoms with Gasteiger partial charge in [-0.1, -0.05) is 0 Å². The molecule has 0 aromatic carbocycles. The lowest BCUT2D eigenvalue weighted by molar-refractivity contribution is -0.133. The molecule has 23 heavy (non-hydrogen) atoms. The summed E-state index contributed by atoms with van der Waals surface area (Å²) in [7, 11) is 0. The summed E-state index contributed by atoms with van der Waals surface area (Å²) in [5.41, 5.74) is 0. The van der Waals surface area contributed by atoms with Crippen molar-refractivity contribution in [3.8, 4) is 5.88 Å². The molecule has 1 aromatic heterocycles. The lowest BCUT2D eigenvalue weighted by atomic mass is 9.99. The summed E-state index contributed by atoms with van der Waals surface area (Å²) in [6.07, 6.45) is 10.8. The Morgan fingerprint density at radius 2 is 2.04 bits per heavy atom. The van der Waals surface area contributed by atoms with Crippen LogP contribution < -0.4 is 4.74 Å². The Balaban J connectivity index is 1.43. The molecule has 0 radical (unpaired) electrons. The molecule has 3 heterocycles. The number of nitrogens with zero attached hydrogens (tertiary/aromatic N) is 4. The first kappa shape index (κ1) is 16.2. The number of hydrogen-bond donors (Lipinski definition) is 0. The minimum Gasteiger partial charge on any atom is -0.476 e. The van der Waals surface area contributed by atoms with Crippen molar-refractivity contribution in [3.63, 3.8) is 0 Å². The first-order valence-electron chi connectivity index (χ1n) is 8.70. The molecule has 1 atom stereocenters. The smallest absolute Gasteiger partial charge is 0.236 e. The predicted molar refractivity (Wildman–Crippen MR) is 87.1 cm³/mol. The summed E-state index contributed by atoms with van der Waals surface area (Å²) in [6.45, 7) is 5.02. The van der Waals surface area contributed by atoms with Gasteiger partial charge in [0.05, 0.1) is 19.3 Å². The zero-order valence-corrected chi connectivity index (χ0v) is 13.7. The Kier molecular flexibility index (Phi) is 5.80. The Hall–Kier alpha value is -1.69. The summed E-state index contributed by atoms with van der Waals surface area (Å²) >= 11 is 0. The van der Waals surface area contributed by atoms with Crippen molar-refractivity contribution in [3.05, 3.63) is 18.6 Å². The molecule has 6 heteroatoms. The highest BCUT2D eigenvalue weighted by molar-refractivity contribution is 5.78. The van der Waals surface area contributed by atoms with Crippen molar-refractivity contribution in [1.82, 2.24) is 19.8 Å². The second-order valence-electron chi connectivity index (χ2n) is 6.54. The molecule has 2 fully saturated rings. The van der Waals surface area contributed by atoms with Gasteiger partial charge in [-0.05, 0) is 38.6 Å². The average Bonchev–Trinajstić information content (AvgIpc) is 2.62. The van der Waals surface area contributed by atoms with Crippen LogP contribution in [0.25, 0.3) is 0 Å². The van der Waals surface area contributed by atoms with Crippen LogP contribution in [0.15, 0.2) is 18.6 Å². The van der Waals surface area contributed by atoms with Crippen LogP contribution in [0.1, 0.15) is 32.1 Å². The second-order valence-corrected chi connectivity index (χ2v) is 6.54. The van der Waals surface area contributed by atoms with Crippen LogP contribution in [-0.2, 0) is 4.79 Å². The quantitative estimate of drug-likeness (QED) is 0.825. The predicted octanol–water partition coefficient (Wildman–Crippen LogP) is 1.58. The van der Waals surface area contributed by atoms with Gasteiger partial charge in [0.15, 0.2) is 0 Å². The Morgan fingerprint density at radius 3 is 2.83 bits per heavy atom. The van der Waals surface area contributed by atoms with Crippen LogP contribution in [-0.4, -0.2) is 65.0 Å².